The molecule has 0 saturated carbocycles. The first-order valence-corrected chi connectivity index (χ1v) is 7.70. The van der Waals surface area contributed by atoms with Gasteiger partial charge >= 0.3 is 6.18 Å². The number of rotatable bonds is 2. The molecule has 2 aliphatic rings. The predicted octanol–water partition coefficient (Wildman–Crippen LogP) is 2.26. The van der Waals surface area contributed by atoms with Crippen molar-refractivity contribution in [1.29, 1.82) is 0 Å². The molecule has 23 heavy (non-hydrogen) atoms. The monoisotopic (exact) mass is 329 g/mol. The van der Waals surface area contributed by atoms with E-state index in [2.05, 4.69) is 4.98 Å². The normalized spacial score (nSPS) is 20.4. The van der Waals surface area contributed by atoms with Crippen LogP contribution in [0.1, 0.15) is 41.7 Å². The molecule has 0 aliphatic carbocycles. The first-order valence-electron chi connectivity index (χ1n) is 7.70. The van der Waals surface area contributed by atoms with Gasteiger partial charge in [0.05, 0.1) is 5.56 Å². The van der Waals surface area contributed by atoms with Crippen LogP contribution in [0, 0.1) is 0 Å². The number of aromatic nitrogens is 1. The number of likely N-dealkylation sites (tertiary alicyclic amines) is 2. The number of carbonyl (C=O) groups excluding carboxylic acids is 2. The quantitative estimate of drug-likeness (QED) is 0.905. The summed E-state index contributed by atoms with van der Waals surface area (Å²) in [5.74, 6) is -0.238. The third-order valence-corrected chi connectivity index (χ3v) is 4.54. The fourth-order valence-electron chi connectivity index (χ4n) is 3.30. The van der Waals surface area contributed by atoms with Gasteiger partial charge in [-0.15, -0.1) is 0 Å². The Kier molecular flexibility index (Phi) is 4.08. The lowest BCUT2D eigenvalue weighted by atomic mass is 10.0. The van der Waals surface area contributed by atoms with Crippen molar-refractivity contribution >= 4 is 11.8 Å². The molecule has 0 unspecified atom stereocenters. The van der Waals surface area contributed by atoms with Gasteiger partial charge in [0.2, 0.25) is 5.91 Å². The Morgan fingerprint density at radius 2 is 1.91 bits per heavy atom. The minimum atomic E-state index is -4.48. The molecule has 1 aromatic heterocycles. The Balaban J connectivity index is 1.60. The second kappa shape index (κ2) is 5.90. The summed E-state index contributed by atoms with van der Waals surface area (Å²) in [4.78, 5) is 29.6. The third-order valence-electron chi connectivity index (χ3n) is 4.54. The Hall–Kier alpha value is -1.99. The highest BCUT2D eigenvalue weighted by atomic mass is 19.4. The number of alkyl halides is 3. The van der Waals surface area contributed by atoms with Gasteiger partial charge in [0.25, 0.3) is 5.91 Å². The molecular formula is C15H18F3N3O2. The predicted molar refractivity (Wildman–Crippen MR) is 75.7 cm³/mol. The number of nitrogens with one attached hydrogen (secondary N) is 1. The van der Waals surface area contributed by atoms with E-state index in [1.165, 1.54) is 0 Å². The zero-order chi connectivity index (χ0) is 16.6. The Labute approximate surface area is 131 Å². The van der Waals surface area contributed by atoms with E-state index in [0.29, 0.717) is 32.4 Å². The molecule has 5 nitrogen and oxygen atoms in total. The smallest absolute Gasteiger partial charge is 0.357 e. The molecule has 0 radical (unpaired) electrons. The van der Waals surface area contributed by atoms with Crippen LogP contribution >= 0.6 is 0 Å². The molecule has 2 aliphatic heterocycles. The van der Waals surface area contributed by atoms with Gasteiger partial charge in [-0.1, -0.05) is 0 Å². The molecule has 8 heteroatoms. The summed E-state index contributed by atoms with van der Waals surface area (Å²) in [6.07, 6.45) is -0.574. The lowest BCUT2D eigenvalue weighted by molar-refractivity contribution is -0.140. The van der Waals surface area contributed by atoms with Gasteiger partial charge in [-0.2, -0.15) is 13.2 Å². The first kappa shape index (κ1) is 15.9. The van der Waals surface area contributed by atoms with Crippen LogP contribution in [-0.2, 0) is 11.0 Å². The highest BCUT2D eigenvalue weighted by Crippen LogP contribution is 2.29. The molecule has 0 atom stereocenters. The Morgan fingerprint density at radius 3 is 2.43 bits per heavy atom. The van der Waals surface area contributed by atoms with Crippen LogP contribution in [0.2, 0.25) is 0 Å². The van der Waals surface area contributed by atoms with Crippen LogP contribution < -0.4 is 0 Å². The van der Waals surface area contributed by atoms with E-state index >= 15 is 0 Å². The van der Waals surface area contributed by atoms with Crippen molar-refractivity contribution in [2.75, 3.05) is 19.6 Å². The standard InChI is InChI=1S/C15H18F3N3O2/c16-15(17,18)12-8-10(9-19-12)14(23)20-6-3-11(4-7-20)21-5-1-2-13(21)22/h8-9,11,19H,1-7H2. The zero-order valence-corrected chi connectivity index (χ0v) is 12.5. The largest absolute Gasteiger partial charge is 0.431 e. The highest BCUT2D eigenvalue weighted by Gasteiger charge is 2.35. The fraction of sp³-hybridized carbons (Fsp3) is 0.600. The molecular weight excluding hydrogens is 311 g/mol. The minimum absolute atomic E-state index is 0.0213. The number of H-pyrrole nitrogens is 1. The lowest BCUT2D eigenvalue weighted by Crippen LogP contribution is -2.47. The number of piperidine rings is 1. The van der Waals surface area contributed by atoms with E-state index in [-0.39, 0.29) is 17.5 Å². The minimum Gasteiger partial charge on any atom is -0.357 e. The summed E-state index contributed by atoms with van der Waals surface area (Å²) < 4.78 is 37.7. The van der Waals surface area contributed by atoms with E-state index in [0.717, 1.165) is 25.2 Å². The maximum Gasteiger partial charge on any atom is 0.431 e. The van der Waals surface area contributed by atoms with E-state index in [1.807, 2.05) is 4.90 Å². The number of nitrogens with zero attached hydrogens (tertiary/aromatic N) is 2. The van der Waals surface area contributed by atoms with Gasteiger partial charge in [0.1, 0.15) is 5.69 Å². The number of halogens is 3. The van der Waals surface area contributed by atoms with Crippen LogP contribution in [0.4, 0.5) is 13.2 Å². The molecule has 0 aromatic carbocycles. The van der Waals surface area contributed by atoms with Crippen molar-refractivity contribution in [3.8, 4) is 0 Å². The zero-order valence-electron chi connectivity index (χ0n) is 12.5. The SMILES string of the molecule is O=C(c1c[nH]c(C(F)(F)F)c1)N1CCC(N2CCCC2=O)CC1. The van der Waals surface area contributed by atoms with Gasteiger partial charge in [-0.05, 0) is 25.3 Å². The third kappa shape index (κ3) is 3.20. The van der Waals surface area contributed by atoms with E-state index in [4.69, 9.17) is 0 Å². The number of amides is 2. The van der Waals surface area contributed by atoms with Crippen LogP contribution in [0.25, 0.3) is 0 Å². The number of aromatic amines is 1. The molecule has 2 saturated heterocycles. The summed E-state index contributed by atoms with van der Waals surface area (Å²) in [5, 5.41) is 0. The first-order chi connectivity index (χ1) is 10.9. The highest BCUT2D eigenvalue weighted by molar-refractivity contribution is 5.94. The van der Waals surface area contributed by atoms with Crippen LogP contribution in [0.5, 0.6) is 0 Å². The van der Waals surface area contributed by atoms with E-state index < -0.39 is 17.8 Å². The van der Waals surface area contributed by atoms with Crippen LogP contribution in [0.15, 0.2) is 12.3 Å². The second-order valence-electron chi connectivity index (χ2n) is 6.01. The summed E-state index contributed by atoms with van der Waals surface area (Å²) in [5.41, 5.74) is -0.897. The molecule has 126 valence electrons. The average Bonchev–Trinajstić information content (AvgIpc) is 3.15. The Bertz CT molecular complexity index is 603. The van der Waals surface area contributed by atoms with Gasteiger partial charge in [0, 0.05) is 38.3 Å². The van der Waals surface area contributed by atoms with Gasteiger partial charge in [-0.3, -0.25) is 9.59 Å². The number of hydrogen-bond donors (Lipinski definition) is 1. The van der Waals surface area contributed by atoms with Crippen molar-refractivity contribution in [3.63, 3.8) is 0 Å². The molecule has 0 spiro atoms. The maximum absolute atomic E-state index is 12.6. The number of carbonyl (C=O) groups is 2. The van der Waals surface area contributed by atoms with Gasteiger partial charge in [-0.25, -0.2) is 0 Å². The van der Waals surface area contributed by atoms with E-state index in [1.54, 1.807) is 4.90 Å². The molecule has 3 rings (SSSR count). The average molecular weight is 329 g/mol. The molecule has 1 aromatic rings. The molecule has 1 N–H and O–H groups in total. The van der Waals surface area contributed by atoms with Crippen LogP contribution in [0.3, 0.4) is 0 Å². The van der Waals surface area contributed by atoms with Crippen molar-refractivity contribution in [2.45, 2.75) is 37.9 Å². The van der Waals surface area contributed by atoms with Gasteiger partial charge < -0.3 is 14.8 Å². The van der Waals surface area contributed by atoms with E-state index in [9.17, 15) is 22.8 Å². The summed E-state index contributed by atoms with van der Waals surface area (Å²) in [6.45, 7) is 1.68. The maximum atomic E-state index is 12.6. The second-order valence-corrected chi connectivity index (χ2v) is 6.01. The summed E-state index contributed by atoms with van der Waals surface area (Å²) >= 11 is 0. The molecule has 3 heterocycles. The van der Waals surface area contributed by atoms with Gasteiger partial charge in [0.15, 0.2) is 0 Å². The van der Waals surface area contributed by atoms with Crippen molar-refractivity contribution in [2.24, 2.45) is 0 Å². The number of hydrogen-bond acceptors (Lipinski definition) is 2. The van der Waals surface area contributed by atoms with Crippen LogP contribution in [-0.4, -0.2) is 52.3 Å². The van der Waals surface area contributed by atoms with Crippen molar-refractivity contribution in [3.05, 3.63) is 23.5 Å². The molecule has 0 bridgehead atoms. The summed E-state index contributed by atoms with van der Waals surface area (Å²) in [7, 11) is 0. The lowest BCUT2D eigenvalue weighted by Gasteiger charge is -2.36. The molecule has 2 amide bonds. The Morgan fingerprint density at radius 1 is 1.22 bits per heavy atom. The van der Waals surface area contributed by atoms with Crippen molar-refractivity contribution < 1.29 is 22.8 Å². The fourth-order valence-corrected chi connectivity index (χ4v) is 3.30. The summed E-state index contributed by atoms with van der Waals surface area (Å²) in [6, 6.07) is 0.990. The molecule has 2 fully saturated rings. The topological polar surface area (TPSA) is 56.4 Å². The van der Waals surface area contributed by atoms with Crippen molar-refractivity contribution in [1.82, 2.24) is 14.8 Å².